The van der Waals surface area contributed by atoms with Crippen LogP contribution in [0.5, 0.6) is 0 Å². The molecule has 2 aromatic rings. The Kier molecular flexibility index (Phi) is 7.61. The lowest BCUT2D eigenvalue weighted by atomic mass is 9.95. The number of anilines is 1. The maximum absolute atomic E-state index is 12.2. The van der Waals surface area contributed by atoms with Gasteiger partial charge in [-0.05, 0) is 44.2 Å². The summed E-state index contributed by atoms with van der Waals surface area (Å²) >= 11 is 2.71. The smallest absolute Gasteiger partial charge is 0.311 e. The molecule has 0 bridgehead atoms. The van der Waals surface area contributed by atoms with Crippen LogP contribution in [0, 0.1) is 11.3 Å². The first-order valence-corrected chi connectivity index (χ1v) is 11.4. The molecule has 0 aromatic carbocycles. The van der Waals surface area contributed by atoms with E-state index in [-0.39, 0.29) is 24.7 Å². The number of aryl methyl sites for hydroxylation is 2. The molecule has 0 unspecified atom stereocenters. The number of esters is 1. The minimum absolute atomic E-state index is 0.0942. The van der Waals surface area contributed by atoms with Gasteiger partial charge in [0, 0.05) is 23.2 Å². The van der Waals surface area contributed by atoms with Crippen LogP contribution in [0.1, 0.15) is 48.7 Å². The number of rotatable bonds is 8. The second-order valence-corrected chi connectivity index (χ2v) is 8.48. The van der Waals surface area contributed by atoms with E-state index >= 15 is 0 Å². The van der Waals surface area contributed by atoms with Gasteiger partial charge in [-0.25, -0.2) is 9.97 Å². The number of thioether (sulfide) groups is 1. The molecule has 0 aliphatic heterocycles. The Balaban J connectivity index is 1.50. The number of nitrogens with one attached hydrogen (secondary N) is 1. The van der Waals surface area contributed by atoms with Gasteiger partial charge in [0.2, 0.25) is 5.91 Å². The molecule has 9 heteroatoms. The van der Waals surface area contributed by atoms with Crippen LogP contribution in [0.3, 0.4) is 0 Å². The molecule has 0 saturated carbocycles. The van der Waals surface area contributed by atoms with Crippen LogP contribution in [0.15, 0.2) is 16.5 Å². The van der Waals surface area contributed by atoms with Gasteiger partial charge in [0.25, 0.3) is 0 Å². The second kappa shape index (κ2) is 10.4. The van der Waals surface area contributed by atoms with Crippen LogP contribution in [0.25, 0.3) is 0 Å². The number of carbonyl (C=O) groups excluding carboxylic acids is 2. The van der Waals surface area contributed by atoms with Gasteiger partial charge in [-0.15, -0.1) is 23.1 Å². The molecular formula is C20H22N4O3S2. The van der Waals surface area contributed by atoms with E-state index in [0.717, 1.165) is 31.4 Å². The number of nitrogens with zero attached hydrogens (tertiary/aromatic N) is 3. The van der Waals surface area contributed by atoms with Crippen LogP contribution >= 0.6 is 23.1 Å². The molecule has 1 aliphatic carbocycles. The molecule has 29 heavy (non-hydrogen) atoms. The Bertz CT molecular complexity index is 936. The number of nitriles is 1. The number of ether oxygens (including phenoxy) is 1. The summed E-state index contributed by atoms with van der Waals surface area (Å²) in [6.07, 6.45) is 4.58. The largest absolute Gasteiger partial charge is 0.466 e. The highest BCUT2D eigenvalue weighted by Gasteiger charge is 2.16. The molecule has 1 amide bonds. The van der Waals surface area contributed by atoms with Crippen molar-refractivity contribution in [1.29, 1.82) is 5.26 Å². The van der Waals surface area contributed by atoms with Crippen molar-refractivity contribution in [2.24, 2.45) is 0 Å². The van der Waals surface area contributed by atoms with Crippen molar-refractivity contribution in [2.45, 2.75) is 50.5 Å². The SMILES string of the molecule is CCOC(=O)Cc1csc(NC(=O)CCSc2nc3c(cc2C#N)CCCC3)n1. The van der Waals surface area contributed by atoms with Crippen molar-refractivity contribution in [3.63, 3.8) is 0 Å². The number of fused-ring (bicyclic) bond motifs is 1. The zero-order valence-corrected chi connectivity index (χ0v) is 17.8. The van der Waals surface area contributed by atoms with Crippen molar-refractivity contribution >= 4 is 40.1 Å². The molecule has 7 nitrogen and oxygen atoms in total. The lowest BCUT2D eigenvalue weighted by Gasteiger charge is -2.16. The molecule has 3 rings (SSSR count). The number of carbonyl (C=O) groups is 2. The average molecular weight is 431 g/mol. The van der Waals surface area contributed by atoms with Gasteiger partial charge >= 0.3 is 5.97 Å². The predicted octanol–water partition coefficient (Wildman–Crippen LogP) is 3.52. The summed E-state index contributed by atoms with van der Waals surface area (Å²) < 4.78 is 4.89. The molecule has 0 saturated heterocycles. The number of aromatic nitrogens is 2. The van der Waals surface area contributed by atoms with Crippen LogP contribution in [0.4, 0.5) is 5.13 Å². The number of thiazole rings is 1. The van der Waals surface area contributed by atoms with Crippen molar-refractivity contribution < 1.29 is 14.3 Å². The van der Waals surface area contributed by atoms with Crippen molar-refractivity contribution in [1.82, 2.24) is 9.97 Å². The van der Waals surface area contributed by atoms with Crippen molar-refractivity contribution in [3.05, 3.63) is 34.0 Å². The second-order valence-electron chi connectivity index (χ2n) is 6.54. The first-order chi connectivity index (χ1) is 14.1. The van der Waals surface area contributed by atoms with Crippen LogP contribution in [-0.4, -0.2) is 34.2 Å². The molecule has 0 fully saturated rings. The van der Waals surface area contributed by atoms with E-state index in [0.29, 0.717) is 33.8 Å². The summed E-state index contributed by atoms with van der Waals surface area (Å²) in [6.45, 7) is 2.08. The number of hydrogen-bond acceptors (Lipinski definition) is 8. The van der Waals surface area contributed by atoms with Crippen molar-refractivity contribution in [3.8, 4) is 6.07 Å². The fraction of sp³-hybridized carbons (Fsp3) is 0.450. The number of amides is 1. The lowest BCUT2D eigenvalue weighted by molar-refractivity contribution is -0.142. The van der Waals surface area contributed by atoms with E-state index in [4.69, 9.17) is 4.74 Å². The molecule has 0 radical (unpaired) electrons. The highest BCUT2D eigenvalue weighted by molar-refractivity contribution is 7.99. The minimum atomic E-state index is -0.335. The third-order valence-electron chi connectivity index (χ3n) is 4.38. The fourth-order valence-electron chi connectivity index (χ4n) is 3.03. The van der Waals surface area contributed by atoms with E-state index in [1.54, 1.807) is 12.3 Å². The molecule has 152 valence electrons. The quantitative estimate of drug-likeness (QED) is 0.504. The highest BCUT2D eigenvalue weighted by atomic mass is 32.2. The fourth-order valence-corrected chi connectivity index (χ4v) is 4.67. The summed E-state index contributed by atoms with van der Waals surface area (Å²) in [6, 6.07) is 4.17. The highest BCUT2D eigenvalue weighted by Crippen LogP contribution is 2.27. The Morgan fingerprint density at radius 1 is 1.34 bits per heavy atom. The van der Waals surface area contributed by atoms with Gasteiger partial charge in [0.05, 0.1) is 24.3 Å². The maximum Gasteiger partial charge on any atom is 0.311 e. The van der Waals surface area contributed by atoms with Gasteiger partial charge in [-0.2, -0.15) is 5.26 Å². The third kappa shape index (κ3) is 6.02. The summed E-state index contributed by atoms with van der Waals surface area (Å²) in [4.78, 5) is 32.6. The van der Waals surface area contributed by atoms with Crippen LogP contribution < -0.4 is 5.32 Å². The summed E-state index contributed by atoms with van der Waals surface area (Å²) in [5.41, 5.74) is 3.42. The van der Waals surface area contributed by atoms with Gasteiger partial charge in [-0.3, -0.25) is 9.59 Å². The topological polar surface area (TPSA) is 105 Å². The van der Waals surface area contributed by atoms with Gasteiger partial charge < -0.3 is 10.1 Å². The van der Waals surface area contributed by atoms with E-state index < -0.39 is 0 Å². The number of hydrogen-bond donors (Lipinski definition) is 1. The maximum atomic E-state index is 12.2. The molecule has 0 spiro atoms. The van der Waals surface area contributed by atoms with E-state index in [1.807, 2.05) is 6.07 Å². The monoisotopic (exact) mass is 430 g/mol. The predicted molar refractivity (Wildman–Crippen MR) is 112 cm³/mol. The average Bonchev–Trinajstić information content (AvgIpc) is 3.14. The standard InChI is InChI=1S/C20H22N4O3S2/c1-2-27-18(26)10-15-12-29-20(22-15)24-17(25)7-8-28-19-14(11-21)9-13-5-3-4-6-16(13)23-19/h9,12H,2-8,10H2,1H3,(H,22,24,25). The Hall–Kier alpha value is -2.44. The zero-order chi connectivity index (χ0) is 20.6. The van der Waals surface area contributed by atoms with E-state index in [1.165, 1.54) is 28.7 Å². The Morgan fingerprint density at radius 3 is 2.97 bits per heavy atom. The van der Waals surface area contributed by atoms with Crippen molar-refractivity contribution in [2.75, 3.05) is 17.7 Å². The van der Waals surface area contributed by atoms with Gasteiger partial charge in [0.1, 0.15) is 11.1 Å². The molecular weight excluding hydrogens is 408 g/mol. The van der Waals surface area contributed by atoms with E-state index in [2.05, 4.69) is 21.4 Å². The third-order valence-corrected chi connectivity index (χ3v) is 6.18. The normalized spacial score (nSPS) is 12.7. The zero-order valence-electron chi connectivity index (χ0n) is 16.2. The summed E-state index contributed by atoms with van der Waals surface area (Å²) in [7, 11) is 0. The Morgan fingerprint density at radius 2 is 2.17 bits per heavy atom. The number of pyridine rings is 1. The van der Waals surface area contributed by atoms with E-state index in [9.17, 15) is 14.9 Å². The Labute approximate surface area is 177 Å². The first kappa shape index (κ1) is 21.3. The first-order valence-electron chi connectivity index (χ1n) is 9.54. The summed E-state index contributed by atoms with van der Waals surface area (Å²) in [5.74, 6) is 0.0248. The van der Waals surface area contributed by atoms with Gasteiger partial charge in [0.15, 0.2) is 5.13 Å². The van der Waals surface area contributed by atoms with Crippen LogP contribution in [0.2, 0.25) is 0 Å². The molecule has 1 N–H and O–H groups in total. The van der Waals surface area contributed by atoms with Gasteiger partial charge in [-0.1, -0.05) is 0 Å². The minimum Gasteiger partial charge on any atom is -0.466 e. The summed E-state index contributed by atoms with van der Waals surface area (Å²) in [5, 5.41) is 15.0. The molecule has 0 atom stereocenters. The molecule has 2 heterocycles. The lowest BCUT2D eigenvalue weighted by Crippen LogP contribution is -2.13. The molecule has 2 aromatic heterocycles. The van der Waals surface area contributed by atoms with Crippen LogP contribution in [-0.2, 0) is 33.6 Å². The molecule has 1 aliphatic rings.